The summed E-state index contributed by atoms with van der Waals surface area (Å²) in [5.41, 5.74) is 9.21. The monoisotopic (exact) mass is 214 g/mol. The van der Waals surface area contributed by atoms with Crippen LogP contribution in [0.2, 0.25) is 0 Å². The molecule has 82 valence electrons. The van der Waals surface area contributed by atoms with Crippen LogP contribution in [0.1, 0.15) is 11.3 Å². The predicted molar refractivity (Wildman–Crippen MR) is 65.6 cm³/mol. The largest absolute Gasteiger partial charge is 0.396 e. The third-order valence-corrected chi connectivity index (χ3v) is 2.41. The van der Waals surface area contributed by atoms with Crippen LogP contribution in [0.15, 0.2) is 30.5 Å². The van der Waals surface area contributed by atoms with E-state index in [4.69, 9.17) is 5.73 Å². The highest BCUT2D eigenvalue weighted by Gasteiger charge is 2.02. The van der Waals surface area contributed by atoms with Gasteiger partial charge in [-0.25, -0.2) is 9.97 Å². The Kier molecular flexibility index (Phi) is 2.72. The van der Waals surface area contributed by atoms with Crippen LogP contribution in [0.5, 0.6) is 0 Å². The SMILES string of the molecule is Cc1ccccc1Nc1ncc(N)c(C)n1. The maximum absolute atomic E-state index is 5.66. The number of aromatic nitrogens is 2. The first-order valence-electron chi connectivity index (χ1n) is 5.08. The van der Waals surface area contributed by atoms with Crippen molar-refractivity contribution in [1.29, 1.82) is 0 Å². The second-order valence-electron chi connectivity index (χ2n) is 3.67. The van der Waals surface area contributed by atoms with E-state index in [0.717, 1.165) is 16.9 Å². The summed E-state index contributed by atoms with van der Waals surface area (Å²) < 4.78 is 0. The molecule has 0 spiro atoms. The van der Waals surface area contributed by atoms with Gasteiger partial charge in [0.25, 0.3) is 0 Å². The quantitative estimate of drug-likeness (QED) is 0.805. The van der Waals surface area contributed by atoms with E-state index in [0.29, 0.717) is 11.6 Å². The summed E-state index contributed by atoms with van der Waals surface area (Å²) in [5.74, 6) is 0.570. The van der Waals surface area contributed by atoms with E-state index in [1.807, 2.05) is 38.1 Å². The highest BCUT2D eigenvalue weighted by molar-refractivity contribution is 5.58. The van der Waals surface area contributed by atoms with Crippen LogP contribution in [-0.4, -0.2) is 9.97 Å². The molecule has 0 aliphatic rings. The van der Waals surface area contributed by atoms with Gasteiger partial charge in [-0.05, 0) is 25.5 Å². The number of nitrogens with zero attached hydrogens (tertiary/aromatic N) is 2. The van der Waals surface area contributed by atoms with Crippen LogP contribution < -0.4 is 11.1 Å². The minimum Gasteiger partial charge on any atom is -0.396 e. The molecule has 1 aromatic carbocycles. The van der Waals surface area contributed by atoms with Crippen LogP contribution in [-0.2, 0) is 0 Å². The van der Waals surface area contributed by atoms with Crippen molar-refractivity contribution >= 4 is 17.3 Å². The Balaban J connectivity index is 2.28. The molecular formula is C12H14N4. The third kappa shape index (κ3) is 2.11. The summed E-state index contributed by atoms with van der Waals surface area (Å²) in [5, 5.41) is 3.16. The first-order chi connectivity index (χ1) is 7.66. The Bertz CT molecular complexity index is 508. The van der Waals surface area contributed by atoms with Crippen molar-refractivity contribution in [1.82, 2.24) is 9.97 Å². The van der Waals surface area contributed by atoms with E-state index in [2.05, 4.69) is 15.3 Å². The Morgan fingerprint density at radius 2 is 1.94 bits per heavy atom. The van der Waals surface area contributed by atoms with Gasteiger partial charge >= 0.3 is 0 Å². The highest BCUT2D eigenvalue weighted by atomic mass is 15.1. The summed E-state index contributed by atoms with van der Waals surface area (Å²) in [6, 6.07) is 7.99. The van der Waals surface area contributed by atoms with Gasteiger partial charge in [-0.15, -0.1) is 0 Å². The highest BCUT2D eigenvalue weighted by Crippen LogP contribution is 2.18. The van der Waals surface area contributed by atoms with Gasteiger partial charge in [0.2, 0.25) is 5.95 Å². The normalized spacial score (nSPS) is 10.1. The van der Waals surface area contributed by atoms with Gasteiger partial charge in [0, 0.05) is 5.69 Å². The van der Waals surface area contributed by atoms with Crippen molar-refractivity contribution in [3.63, 3.8) is 0 Å². The number of nitrogen functional groups attached to an aromatic ring is 1. The molecule has 0 saturated heterocycles. The summed E-state index contributed by atoms with van der Waals surface area (Å²) in [6.07, 6.45) is 1.61. The minimum atomic E-state index is 0.570. The Morgan fingerprint density at radius 3 is 2.62 bits per heavy atom. The van der Waals surface area contributed by atoms with Crippen LogP contribution in [0.25, 0.3) is 0 Å². The zero-order valence-electron chi connectivity index (χ0n) is 9.36. The van der Waals surface area contributed by atoms with Gasteiger partial charge in [-0.2, -0.15) is 0 Å². The molecule has 0 aliphatic heterocycles. The lowest BCUT2D eigenvalue weighted by atomic mass is 10.2. The number of hydrogen-bond acceptors (Lipinski definition) is 4. The molecule has 2 aromatic rings. The van der Waals surface area contributed by atoms with Gasteiger partial charge < -0.3 is 11.1 Å². The van der Waals surface area contributed by atoms with Gasteiger partial charge in [0.05, 0.1) is 17.6 Å². The lowest BCUT2D eigenvalue weighted by Gasteiger charge is -2.08. The predicted octanol–water partition coefficient (Wildman–Crippen LogP) is 2.42. The minimum absolute atomic E-state index is 0.570. The van der Waals surface area contributed by atoms with Crippen molar-refractivity contribution in [3.8, 4) is 0 Å². The van der Waals surface area contributed by atoms with E-state index in [1.165, 1.54) is 0 Å². The topological polar surface area (TPSA) is 63.8 Å². The number of anilines is 3. The molecule has 0 amide bonds. The van der Waals surface area contributed by atoms with Crippen molar-refractivity contribution < 1.29 is 0 Å². The molecule has 1 aromatic heterocycles. The first-order valence-corrected chi connectivity index (χ1v) is 5.08. The summed E-state index contributed by atoms with van der Waals surface area (Å²) >= 11 is 0. The fourth-order valence-electron chi connectivity index (χ4n) is 1.37. The van der Waals surface area contributed by atoms with Crippen molar-refractivity contribution in [2.24, 2.45) is 0 Å². The van der Waals surface area contributed by atoms with Gasteiger partial charge in [-0.3, -0.25) is 0 Å². The summed E-state index contributed by atoms with van der Waals surface area (Å²) in [6.45, 7) is 3.90. The van der Waals surface area contributed by atoms with Crippen LogP contribution in [0.4, 0.5) is 17.3 Å². The Hall–Kier alpha value is -2.10. The lowest BCUT2D eigenvalue weighted by molar-refractivity contribution is 1.11. The number of para-hydroxylation sites is 1. The van der Waals surface area contributed by atoms with E-state index in [-0.39, 0.29) is 0 Å². The molecule has 2 rings (SSSR count). The number of nitrogens with two attached hydrogens (primary N) is 1. The molecule has 0 fully saturated rings. The molecule has 0 aliphatic carbocycles. The molecular weight excluding hydrogens is 200 g/mol. The number of rotatable bonds is 2. The molecule has 4 heteroatoms. The second-order valence-corrected chi connectivity index (χ2v) is 3.67. The van der Waals surface area contributed by atoms with Crippen molar-refractivity contribution in [3.05, 3.63) is 41.7 Å². The molecule has 3 N–H and O–H groups in total. The zero-order valence-corrected chi connectivity index (χ0v) is 9.36. The van der Waals surface area contributed by atoms with Crippen LogP contribution in [0, 0.1) is 13.8 Å². The molecule has 0 saturated carbocycles. The molecule has 0 bridgehead atoms. The Labute approximate surface area is 94.5 Å². The van der Waals surface area contributed by atoms with E-state index < -0.39 is 0 Å². The maximum Gasteiger partial charge on any atom is 0.227 e. The number of hydrogen-bond donors (Lipinski definition) is 2. The standard InChI is InChI=1S/C12H14N4/c1-8-5-3-4-6-11(8)16-12-14-7-10(13)9(2)15-12/h3-7H,13H2,1-2H3,(H,14,15,16). The summed E-state index contributed by atoms with van der Waals surface area (Å²) in [4.78, 5) is 8.39. The molecule has 4 nitrogen and oxygen atoms in total. The zero-order chi connectivity index (χ0) is 11.5. The maximum atomic E-state index is 5.66. The van der Waals surface area contributed by atoms with Gasteiger partial charge in [0.1, 0.15) is 0 Å². The lowest BCUT2D eigenvalue weighted by Crippen LogP contribution is -2.02. The fraction of sp³-hybridized carbons (Fsp3) is 0.167. The molecule has 0 atom stereocenters. The first kappa shape index (κ1) is 10.4. The number of nitrogens with one attached hydrogen (secondary N) is 1. The van der Waals surface area contributed by atoms with Crippen molar-refractivity contribution in [2.45, 2.75) is 13.8 Å². The molecule has 1 heterocycles. The fourth-order valence-corrected chi connectivity index (χ4v) is 1.37. The summed E-state index contributed by atoms with van der Waals surface area (Å²) in [7, 11) is 0. The van der Waals surface area contributed by atoms with E-state index in [1.54, 1.807) is 6.20 Å². The van der Waals surface area contributed by atoms with Crippen LogP contribution >= 0.6 is 0 Å². The number of aryl methyl sites for hydroxylation is 2. The third-order valence-electron chi connectivity index (χ3n) is 2.41. The van der Waals surface area contributed by atoms with Crippen molar-refractivity contribution in [2.75, 3.05) is 11.1 Å². The Morgan fingerprint density at radius 1 is 1.19 bits per heavy atom. The number of benzene rings is 1. The molecule has 16 heavy (non-hydrogen) atoms. The van der Waals surface area contributed by atoms with Crippen LogP contribution in [0.3, 0.4) is 0 Å². The van der Waals surface area contributed by atoms with E-state index in [9.17, 15) is 0 Å². The molecule has 0 radical (unpaired) electrons. The average Bonchev–Trinajstić information content (AvgIpc) is 2.27. The van der Waals surface area contributed by atoms with E-state index >= 15 is 0 Å². The molecule has 0 unspecified atom stereocenters. The van der Waals surface area contributed by atoms with Gasteiger partial charge in [-0.1, -0.05) is 18.2 Å². The average molecular weight is 214 g/mol. The second kappa shape index (κ2) is 4.18. The smallest absolute Gasteiger partial charge is 0.227 e. The van der Waals surface area contributed by atoms with Gasteiger partial charge in [0.15, 0.2) is 0 Å².